The normalized spacial score (nSPS) is 11.7. The van der Waals surface area contributed by atoms with Gasteiger partial charge in [-0.1, -0.05) is 37.6 Å². The van der Waals surface area contributed by atoms with Crippen LogP contribution in [0.15, 0.2) is 51.8 Å². The number of nitrogens with zero attached hydrogens (tertiary/aromatic N) is 1. The first-order valence-corrected chi connectivity index (χ1v) is 9.90. The third-order valence-corrected chi connectivity index (χ3v) is 5.24. The van der Waals surface area contributed by atoms with Crippen LogP contribution in [0.3, 0.4) is 0 Å². The number of aromatic nitrogens is 1. The lowest BCUT2D eigenvalue weighted by Gasteiger charge is -2.14. The third-order valence-electron chi connectivity index (χ3n) is 4.34. The summed E-state index contributed by atoms with van der Waals surface area (Å²) in [5, 5.41) is 0. The highest BCUT2D eigenvalue weighted by atomic mass is 32.2. The maximum atomic E-state index is 12.0. The minimum Gasteiger partial charge on any atom is -0.441 e. The highest BCUT2D eigenvalue weighted by Crippen LogP contribution is 2.37. The molecule has 3 rings (SSSR count). The van der Waals surface area contributed by atoms with Gasteiger partial charge in [0.25, 0.3) is 10.1 Å². The molecule has 136 valence electrons. The third kappa shape index (κ3) is 3.43. The van der Waals surface area contributed by atoms with E-state index in [0.29, 0.717) is 29.3 Å². The van der Waals surface area contributed by atoms with Crippen molar-refractivity contribution in [1.82, 2.24) is 4.98 Å². The number of hydrogen-bond acceptors (Lipinski definition) is 4. The lowest BCUT2D eigenvalue weighted by Crippen LogP contribution is -2.06. The quantitative estimate of drug-likeness (QED) is 0.650. The van der Waals surface area contributed by atoms with Gasteiger partial charge in [0.2, 0.25) is 5.89 Å². The molecule has 1 N–H and O–H groups in total. The summed E-state index contributed by atoms with van der Waals surface area (Å²) >= 11 is 0. The zero-order chi connectivity index (χ0) is 18.9. The molecule has 0 saturated carbocycles. The summed E-state index contributed by atoms with van der Waals surface area (Å²) in [6, 6.07) is 12.6. The predicted molar refractivity (Wildman–Crippen MR) is 101 cm³/mol. The molecule has 0 spiro atoms. The van der Waals surface area contributed by atoms with Crippen molar-refractivity contribution in [3.05, 3.63) is 59.4 Å². The zero-order valence-electron chi connectivity index (χ0n) is 15.0. The summed E-state index contributed by atoms with van der Waals surface area (Å²) in [5.41, 5.74) is 3.50. The van der Waals surface area contributed by atoms with Crippen LogP contribution in [-0.4, -0.2) is 18.0 Å². The van der Waals surface area contributed by atoms with Gasteiger partial charge in [-0.25, -0.2) is 4.98 Å². The van der Waals surface area contributed by atoms with E-state index in [1.54, 1.807) is 13.0 Å². The van der Waals surface area contributed by atoms with Crippen molar-refractivity contribution >= 4 is 10.1 Å². The molecule has 0 atom stereocenters. The Hall–Kier alpha value is -2.44. The SMILES string of the molecule is CCCc1c(C)ccc(S(=O)(=O)O)c1-c1nc(-c2ccccc2)oc1C. The summed E-state index contributed by atoms with van der Waals surface area (Å²) in [6.45, 7) is 5.70. The molecular formula is C20H21NO4S. The summed E-state index contributed by atoms with van der Waals surface area (Å²) in [4.78, 5) is 4.43. The van der Waals surface area contributed by atoms with Crippen LogP contribution >= 0.6 is 0 Å². The highest BCUT2D eigenvalue weighted by molar-refractivity contribution is 7.86. The van der Waals surface area contributed by atoms with Gasteiger partial charge in [0.15, 0.2) is 0 Å². The molecule has 1 heterocycles. The largest absolute Gasteiger partial charge is 0.441 e. The molecule has 0 unspecified atom stereocenters. The molecule has 0 saturated heterocycles. The van der Waals surface area contributed by atoms with Gasteiger partial charge in [-0.05, 0) is 49.6 Å². The molecule has 1 aromatic heterocycles. The van der Waals surface area contributed by atoms with E-state index in [4.69, 9.17) is 4.42 Å². The Balaban J connectivity index is 2.30. The number of rotatable bonds is 5. The molecule has 0 aliphatic carbocycles. The van der Waals surface area contributed by atoms with E-state index >= 15 is 0 Å². The number of aryl methyl sites for hydroxylation is 2. The van der Waals surface area contributed by atoms with Crippen molar-refractivity contribution in [2.75, 3.05) is 0 Å². The maximum Gasteiger partial charge on any atom is 0.295 e. The van der Waals surface area contributed by atoms with Gasteiger partial charge >= 0.3 is 0 Å². The Morgan fingerprint density at radius 2 is 1.77 bits per heavy atom. The van der Waals surface area contributed by atoms with Crippen molar-refractivity contribution in [2.45, 2.75) is 38.5 Å². The smallest absolute Gasteiger partial charge is 0.295 e. The lowest BCUT2D eigenvalue weighted by molar-refractivity contribution is 0.483. The summed E-state index contributed by atoms with van der Waals surface area (Å²) in [6.07, 6.45) is 1.52. The molecule has 0 amide bonds. The molecule has 0 radical (unpaired) electrons. The molecule has 0 aliphatic heterocycles. The van der Waals surface area contributed by atoms with Gasteiger partial charge in [-0.15, -0.1) is 0 Å². The Morgan fingerprint density at radius 1 is 1.08 bits per heavy atom. The monoisotopic (exact) mass is 371 g/mol. The second-order valence-electron chi connectivity index (χ2n) is 6.25. The predicted octanol–water partition coefficient (Wildman–Crippen LogP) is 4.82. The van der Waals surface area contributed by atoms with Gasteiger partial charge in [0.05, 0.1) is 0 Å². The maximum absolute atomic E-state index is 12.0. The zero-order valence-corrected chi connectivity index (χ0v) is 15.8. The molecule has 6 heteroatoms. The van der Waals surface area contributed by atoms with E-state index < -0.39 is 10.1 Å². The van der Waals surface area contributed by atoms with Gasteiger partial charge in [0, 0.05) is 11.1 Å². The van der Waals surface area contributed by atoms with Crippen LogP contribution in [0.25, 0.3) is 22.7 Å². The molecule has 26 heavy (non-hydrogen) atoms. The van der Waals surface area contributed by atoms with E-state index in [9.17, 15) is 13.0 Å². The molecule has 3 aromatic rings. The van der Waals surface area contributed by atoms with Crippen molar-refractivity contribution in [3.63, 3.8) is 0 Å². The van der Waals surface area contributed by atoms with Crippen LogP contribution in [0.5, 0.6) is 0 Å². The van der Waals surface area contributed by atoms with Crippen molar-refractivity contribution < 1.29 is 17.4 Å². The van der Waals surface area contributed by atoms with Crippen LogP contribution in [0.2, 0.25) is 0 Å². The van der Waals surface area contributed by atoms with Crippen molar-refractivity contribution in [3.8, 4) is 22.7 Å². The van der Waals surface area contributed by atoms with Gasteiger partial charge < -0.3 is 4.42 Å². The summed E-state index contributed by atoms with van der Waals surface area (Å²) in [7, 11) is -4.39. The Morgan fingerprint density at radius 3 is 2.38 bits per heavy atom. The van der Waals surface area contributed by atoms with Crippen LogP contribution in [-0.2, 0) is 16.5 Å². The Bertz CT molecular complexity index is 1040. The minimum absolute atomic E-state index is 0.137. The standard InChI is InChI=1S/C20H21NO4S/c1-4-8-16-13(2)11-12-17(26(22,23)24)18(16)19-14(3)25-20(21-19)15-9-6-5-7-10-15/h5-7,9-12H,4,8H2,1-3H3,(H,22,23,24). The van der Waals surface area contributed by atoms with Crippen LogP contribution in [0.4, 0.5) is 0 Å². The first kappa shape index (κ1) is 18.4. The van der Waals surface area contributed by atoms with E-state index in [0.717, 1.165) is 23.1 Å². The number of benzene rings is 2. The molecule has 0 aliphatic rings. The topological polar surface area (TPSA) is 80.4 Å². The summed E-state index contributed by atoms with van der Waals surface area (Å²) in [5.74, 6) is 0.931. The molecule has 0 fully saturated rings. The fourth-order valence-corrected chi connectivity index (χ4v) is 3.83. The Kier molecular flexibility index (Phi) is 4.98. The second kappa shape index (κ2) is 7.05. The molecule has 5 nitrogen and oxygen atoms in total. The number of hydrogen-bond donors (Lipinski definition) is 1. The van der Waals surface area contributed by atoms with E-state index in [-0.39, 0.29) is 4.90 Å². The number of oxazole rings is 1. The van der Waals surface area contributed by atoms with Gasteiger partial charge in [0.1, 0.15) is 16.3 Å². The Labute approximate surface area is 153 Å². The highest BCUT2D eigenvalue weighted by Gasteiger charge is 2.25. The van der Waals surface area contributed by atoms with E-state index in [1.165, 1.54) is 6.07 Å². The fraction of sp³-hybridized carbons (Fsp3) is 0.250. The van der Waals surface area contributed by atoms with Gasteiger partial charge in [-0.2, -0.15) is 8.42 Å². The van der Waals surface area contributed by atoms with Crippen LogP contribution < -0.4 is 0 Å². The van der Waals surface area contributed by atoms with E-state index in [1.807, 2.05) is 44.2 Å². The van der Waals surface area contributed by atoms with Crippen molar-refractivity contribution in [2.24, 2.45) is 0 Å². The van der Waals surface area contributed by atoms with Crippen LogP contribution in [0.1, 0.15) is 30.2 Å². The molecular weight excluding hydrogens is 350 g/mol. The average molecular weight is 371 g/mol. The van der Waals surface area contributed by atoms with E-state index in [2.05, 4.69) is 4.98 Å². The van der Waals surface area contributed by atoms with Crippen LogP contribution in [0, 0.1) is 13.8 Å². The lowest BCUT2D eigenvalue weighted by atomic mass is 9.95. The minimum atomic E-state index is -4.39. The first-order chi connectivity index (χ1) is 12.3. The van der Waals surface area contributed by atoms with Gasteiger partial charge in [-0.3, -0.25) is 4.55 Å². The summed E-state index contributed by atoms with van der Waals surface area (Å²) < 4.78 is 39.5. The molecule has 0 bridgehead atoms. The second-order valence-corrected chi connectivity index (χ2v) is 7.64. The average Bonchev–Trinajstić information content (AvgIpc) is 2.98. The first-order valence-electron chi connectivity index (χ1n) is 8.46. The fourth-order valence-electron chi connectivity index (χ4n) is 3.11. The molecule has 2 aromatic carbocycles. The van der Waals surface area contributed by atoms with Crippen molar-refractivity contribution in [1.29, 1.82) is 0 Å².